The van der Waals surface area contributed by atoms with E-state index < -0.39 is 5.82 Å². The first-order valence-electron chi connectivity index (χ1n) is 5.59. The van der Waals surface area contributed by atoms with Crippen molar-refractivity contribution < 1.29 is 18.7 Å². The number of aliphatic hydroxyl groups excluding tert-OH is 1. The van der Waals surface area contributed by atoms with E-state index in [4.69, 9.17) is 14.3 Å². The highest BCUT2D eigenvalue weighted by atomic mass is 19.1. The summed E-state index contributed by atoms with van der Waals surface area (Å²) in [5.74, 6) is 0.602. The van der Waals surface area contributed by atoms with E-state index in [9.17, 15) is 4.39 Å². The first-order chi connectivity index (χ1) is 8.79. The van der Waals surface area contributed by atoms with Crippen molar-refractivity contribution in [1.29, 1.82) is 0 Å². The van der Waals surface area contributed by atoms with Crippen LogP contribution in [-0.4, -0.2) is 28.5 Å². The van der Waals surface area contributed by atoms with Gasteiger partial charge in [0.2, 0.25) is 11.8 Å². The van der Waals surface area contributed by atoms with Crippen molar-refractivity contribution in [3.8, 4) is 5.75 Å². The fourth-order valence-corrected chi connectivity index (χ4v) is 1.40. The van der Waals surface area contributed by atoms with Crippen LogP contribution in [0.4, 0.5) is 4.39 Å². The van der Waals surface area contributed by atoms with Gasteiger partial charge in [0.05, 0.1) is 19.6 Å². The molecule has 0 saturated heterocycles. The van der Waals surface area contributed by atoms with Crippen LogP contribution < -0.4 is 4.74 Å². The van der Waals surface area contributed by atoms with E-state index in [1.807, 2.05) is 0 Å². The molecule has 1 aromatic heterocycles. The number of ether oxygens (including phenoxy) is 1. The van der Waals surface area contributed by atoms with Crippen molar-refractivity contribution in [3.63, 3.8) is 0 Å². The van der Waals surface area contributed by atoms with Gasteiger partial charge in [-0.15, -0.1) is 10.2 Å². The normalized spacial score (nSPS) is 10.6. The molecule has 2 aromatic rings. The van der Waals surface area contributed by atoms with Gasteiger partial charge in [0, 0.05) is 6.42 Å². The molecular weight excluding hydrogens is 239 g/mol. The van der Waals surface area contributed by atoms with Crippen LogP contribution in [0.2, 0.25) is 0 Å². The van der Waals surface area contributed by atoms with Gasteiger partial charge in [-0.1, -0.05) is 12.1 Å². The number of rotatable bonds is 6. The van der Waals surface area contributed by atoms with Crippen molar-refractivity contribution in [3.05, 3.63) is 41.9 Å². The third kappa shape index (κ3) is 3.27. The molecule has 0 saturated carbocycles. The zero-order chi connectivity index (χ0) is 12.8. The SMILES string of the molecule is OCCc1nnc(CCOc2ccccc2F)o1. The molecule has 0 fully saturated rings. The molecule has 0 unspecified atom stereocenters. The molecule has 1 N–H and O–H groups in total. The van der Waals surface area contributed by atoms with Crippen LogP contribution in [0.5, 0.6) is 5.75 Å². The summed E-state index contributed by atoms with van der Waals surface area (Å²) in [6, 6.07) is 6.19. The van der Waals surface area contributed by atoms with Gasteiger partial charge in [-0.2, -0.15) is 0 Å². The third-order valence-electron chi connectivity index (χ3n) is 2.24. The summed E-state index contributed by atoms with van der Waals surface area (Å²) < 4.78 is 23.7. The Morgan fingerprint density at radius 3 is 2.61 bits per heavy atom. The summed E-state index contributed by atoms with van der Waals surface area (Å²) in [4.78, 5) is 0. The van der Waals surface area contributed by atoms with E-state index >= 15 is 0 Å². The van der Waals surface area contributed by atoms with Gasteiger partial charge in [-0.25, -0.2) is 4.39 Å². The maximum Gasteiger partial charge on any atom is 0.219 e. The van der Waals surface area contributed by atoms with Crippen LogP contribution in [0, 0.1) is 5.82 Å². The Balaban J connectivity index is 1.83. The van der Waals surface area contributed by atoms with Crippen molar-refractivity contribution in [2.75, 3.05) is 13.2 Å². The summed E-state index contributed by atoms with van der Waals surface area (Å²) in [7, 11) is 0. The highest BCUT2D eigenvalue weighted by Crippen LogP contribution is 2.15. The smallest absolute Gasteiger partial charge is 0.219 e. The van der Waals surface area contributed by atoms with Gasteiger partial charge >= 0.3 is 0 Å². The number of benzene rings is 1. The first kappa shape index (κ1) is 12.5. The second kappa shape index (κ2) is 6.11. The molecule has 0 aliphatic rings. The van der Waals surface area contributed by atoms with Crippen molar-refractivity contribution >= 4 is 0 Å². The molecule has 0 aliphatic carbocycles. The van der Waals surface area contributed by atoms with Crippen molar-refractivity contribution in [1.82, 2.24) is 10.2 Å². The quantitative estimate of drug-likeness (QED) is 0.840. The molecule has 0 aliphatic heterocycles. The van der Waals surface area contributed by atoms with Crippen LogP contribution in [0.15, 0.2) is 28.7 Å². The van der Waals surface area contributed by atoms with Crippen LogP contribution in [0.3, 0.4) is 0 Å². The summed E-state index contributed by atoms with van der Waals surface area (Å²) in [5, 5.41) is 16.2. The Kier molecular flexibility index (Phi) is 4.25. The van der Waals surface area contributed by atoms with Crippen LogP contribution in [0.1, 0.15) is 11.8 Å². The second-order valence-electron chi connectivity index (χ2n) is 3.59. The van der Waals surface area contributed by atoms with E-state index in [-0.39, 0.29) is 19.0 Å². The molecule has 96 valence electrons. The van der Waals surface area contributed by atoms with Gasteiger partial charge in [0.25, 0.3) is 0 Å². The third-order valence-corrected chi connectivity index (χ3v) is 2.24. The Hall–Kier alpha value is -1.95. The van der Waals surface area contributed by atoms with E-state index in [0.717, 1.165) is 0 Å². The van der Waals surface area contributed by atoms with Gasteiger partial charge in [0.15, 0.2) is 11.6 Å². The molecule has 0 radical (unpaired) electrons. The lowest BCUT2D eigenvalue weighted by Crippen LogP contribution is -2.02. The lowest BCUT2D eigenvalue weighted by molar-refractivity contribution is 0.275. The maximum atomic E-state index is 13.2. The van der Waals surface area contributed by atoms with Crippen LogP contribution in [-0.2, 0) is 12.8 Å². The molecule has 0 amide bonds. The minimum absolute atomic E-state index is 0.0344. The predicted molar refractivity (Wildman–Crippen MR) is 60.7 cm³/mol. The van der Waals surface area contributed by atoms with Crippen molar-refractivity contribution in [2.24, 2.45) is 0 Å². The molecular formula is C12H13FN2O3. The van der Waals surface area contributed by atoms with Crippen LogP contribution >= 0.6 is 0 Å². The number of hydrogen-bond acceptors (Lipinski definition) is 5. The molecule has 18 heavy (non-hydrogen) atoms. The van der Waals surface area contributed by atoms with Gasteiger partial charge in [0.1, 0.15) is 0 Å². The Morgan fingerprint density at radius 2 is 1.89 bits per heavy atom. The summed E-state index contributed by atoms with van der Waals surface area (Å²) in [6.07, 6.45) is 0.730. The Morgan fingerprint density at radius 1 is 1.17 bits per heavy atom. The van der Waals surface area contributed by atoms with Crippen LogP contribution in [0.25, 0.3) is 0 Å². The molecule has 0 spiro atoms. The largest absolute Gasteiger partial charge is 0.490 e. The molecule has 2 rings (SSSR count). The zero-order valence-corrected chi connectivity index (χ0v) is 9.67. The molecule has 0 atom stereocenters. The highest BCUT2D eigenvalue weighted by molar-refractivity contribution is 5.23. The van der Waals surface area contributed by atoms with E-state index in [1.165, 1.54) is 6.07 Å². The number of aliphatic hydroxyl groups is 1. The minimum atomic E-state index is -0.399. The topological polar surface area (TPSA) is 68.4 Å². The fourth-order valence-electron chi connectivity index (χ4n) is 1.40. The van der Waals surface area contributed by atoms with Gasteiger partial charge < -0.3 is 14.3 Å². The minimum Gasteiger partial charge on any atom is -0.490 e. The first-order valence-corrected chi connectivity index (χ1v) is 5.59. The number of para-hydroxylation sites is 1. The molecule has 6 heteroatoms. The summed E-state index contributed by atoms with van der Waals surface area (Å²) in [6.45, 7) is 0.217. The zero-order valence-electron chi connectivity index (χ0n) is 9.67. The molecule has 0 bridgehead atoms. The Bertz CT molecular complexity index is 502. The van der Waals surface area contributed by atoms with E-state index in [2.05, 4.69) is 10.2 Å². The summed E-state index contributed by atoms with van der Waals surface area (Å²) in [5.41, 5.74) is 0. The molecule has 5 nitrogen and oxygen atoms in total. The second-order valence-corrected chi connectivity index (χ2v) is 3.59. The summed E-state index contributed by atoms with van der Waals surface area (Å²) >= 11 is 0. The lowest BCUT2D eigenvalue weighted by atomic mass is 10.3. The monoisotopic (exact) mass is 252 g/mol. The molecule has 1 aromatic carbocycles. The highest BCUT2D eigenvalue weighted by Gasteiger charge is 2.06. The average Bonchev–Trinajstić information content (AvgIpc) is 2.80. The average molecular weight is 252 g/mol. The number of aromatic nitrogens is 2. The number of hydrogen-bond donors (Lipinski definition) is 1. The predicted octanol–water partition coefficient (Wildman–Crippen LogP) is 1.37. The standard InChI is InChI=1S/C12H13FN2O3/c13-9-3-1-2-4-10(9)17-8-6-12-15-14-11(18-12)5-7-16/h1-4,16H,5-8H2. The lowest BCUT2D eigenvalue weighted by Gasteiger charge is -2.04. The fraction of sp³-hybridized carbons (Fsp3) is 0.333. The van der Waals surface area contributed by atoms with Crippen molar-refractivity contribution in [2.45, 2.75) is 12.8 Å². The molecule has 1 heterocycles. The Labute approximate surface area is 103 Å². The maximum absolute atomic E-state index is 13.2. The van der Waals surface area contributed by atoms with Gasteiger partial charge in [-0.3, -0.25) is 0 Å². The van der Waals surface area contributed by atoms with E-state index in [1.54, 1.807) is 18.2 Å². The van der Waals surface area contributed by atoms with E-state index in [0.29, 0.717) is 24.6 Å². The number of halogens is 1. The number of nitrogens with zero attached hydrogens (tertiary/aromatic N) is 2. The van der Waals surface area contributed by atoms with Gasteiger partial charge in [-0.05, 0) is 12.1 Å².